The zero-order valence-electron chi connectivity index (χ0n) is 15.4. The second kappa shape index (κ2) is 6.17. The number of likely N-dealkylation sites (tertiary alicyclic amines) is 1. The summed E-state index contributed by atoms with van der Waals surface area (Å²) < 4.78 is 11.7. The molecule has 1 saturated carbocycles. The first-order valence-electron chi connectivity index (χ1n) is 9.36. The van der Waals surface area contributed by atoms with Crippen LogP contribution < -0.4 is 0 Å². The third-order valence-corrected chi connectivity index (χ3v) is 6.29. The highest BCUT2D eigenvalue weighted by atomic mass is 16.5. The fourth-order valence-electron chi connectivity index (χ4n) is 4.96. The molecule has 0 bridgehead atoms. The molecular weight excluding hydrogens is 314 g/mol. The smallest absolute Gasteiger partial charge is 0.289 e. The van der Waals surface area contributed by atoms with Gasteiger partial charge in [0.15, 0.2) is 5.76 Å². The quantitative estimate of drug-likeness (QED) is 0.809. The van der Waals surface area contributed by atoms with Gasteiger partial charge in [-0.05, 0) is 51.7 Å². The van der Waals surface area contributed by atoms with E-state index in [1.807, 2.05) is 31.1 Å². The summed E-state index contributed by atoms with van der Waals surface area (Å²) in [6.07, 6.45) is 5.96. The van der Waals surface area contributed by atoms with E-state index in [0.717, 1.165) is 55.3 Å². The van der Waals surface area contributed by atoms with E-state index in [2.05, 4.69) is 13.0 Å². The summed E-state index contributed by atoms with van der Waals surface area (Å²) in [7, 11) is 1.81. The first-order chi connectivity index (χ1) is 12.0. The molecule has 1 aromatic heterocycles. The molecule has 25 heavy (non-hydrogen) atoms. The Bertz CT molecular complexity index is 809. The van der Waals surface area contributed by atoms with Crippen LogP contribution in [0, 0.1) is 19.3 Å². The lowest BCUT2D eigenvalue weighted by Gasteiger charge is -2.43. The summed E-state index contributed by atoms with van der Waals surface area (Å²) in [4.78, 5) is 15.2. The second-order valence-corrected chi connectivity index (χ2v) is 7.87. The molecule has 1 aliphatic heterocycles. The van der Waals surface area contributed by atoms with Crippen molar-refractivity contribution in [3.8, 4) is 0 Å². The molecular formula is C21H27NO3. The number of rotatable bonds is 2. The zero-order valence-corrected chi connectivity index (χ0v) is 15.4. The minimum Gasteiger partial charge on any atom is -0.451 e. The number of nitrogens with zero attached hydrogens (tertiary/aromatic N) is 1. The highest BCUT2D eigenvalue weighted by Gasteiger charge is 2.47. The Kier molecular flexibility index (Phi) is 4.11. The maximum atomic E-state index is 13.2. The first kappa shape index (κ1) is 16.6. The van der Waals surface area contributed by atoms with Crippen LogP contribution in [-0.2, 0) is 4.74 Å². The largest absolute Gasteiger partial charge is 0.451 e. The van der Waals surface area contributed by atoms with Gasteiger partial charge in [0, 0.05) is 36.6 Å². The van der Waals surface area contributed by atoms with Crippen LogP contribution in [-0.4, -0.2) is 37.1 Å². The lowest BCUT2D eigenvalue weighted by Crippen LogP contribution is -2.49. The van der Waals surface area contributed by atoms with Gasteiger partial charge in [0.25, 0.3) is 5.91 Å². The number of furan rings is 1. The predicted molar refractivity (Wildman–Crippen MR) is 97.9 cm³/mol. The molecule has 2 aromatic rings. The molecule has 4 rings (SSSR count). The van der Waals surface area contributed by atoms with Crippen LogP contribution in [0.4, 0.5) is 0 Å². The summed E-state index contributed by atoms with van der Waals surface area (Å²) in [6, 6.07) is 6.09. The average Bonchev–Trinajstić information content (AvgIpc) is 3.15. The first-order valence-corrected chi connectivity index (χ1v) is 9.36. The molecule has 1 amide bonds. The summed E-state index contributed by atoms with van der Waals surface area (Å²) in [5.74, 6) is 0.539. The molecule has 2 atom stereocenters. The predicted octanol–water partition coefficient (Wildman–Crippen LogP) is 4.47. The van der Waals surface area contributed by atoms with Gasteiger partial charge in [0.2, 0.25) is 0 Å². The number of benzene rings is 1. The number of amides is 1. The Hall–Kier alpha value is -1.81. The van der Waals surface area contributed by atoms with E-state index in [9.17, 15) is 4.79 Å². The molecule has 1 spiro atoms. The topological polar surface area (TPSA) is 42.7 Å². The summed E-state index contributed by atoms with van der Waals surface area (Å²) in [5.41, 5.74) is 3.08. The van der Waals surface area contributed by atoms with Crippen molar-refractivity contribution in [1.82, 2.24) is 4.90 Å². The van der Waals surface area contributed by atoms with Gasteiger partial charge in [-0.2, -0.15) is 0 Å². The minimum atomic E-state index is 0.0344. The van der Waals surface area contributed by atoms with E-state index >= 15 is 0 Å². The van der Waals surface area contributed by atoms with Gasteiger partial charge < -0.3 is 14.1 Å². The molecule has 2 aliphatic rings. The molecule has 0 unspecified atom stereocenters. The monoisotopic (exact) mass is 341 g/mol. The lowest BCUT2D eigenvalue weighted by molar-refractivity contribution is -0.0301. The van der Waals surface area contributed by atoms with Crippen LogP contribution in [0.3, 0.4) is 0 Å². The zero-order chi connectivity index (χ0) is 17.6. The molecule has 2 heterocycles. The standard InChI is InChI=1S/C21H27NO3/c1-14-7-8-17-16(12-14)15(2)19(25-17)20(23)22-11-5-10-21(13-22)9-4-6-18(21)24-3/h7-8,12,18H,4-6,9-11,13H2,1-3H3/t18-,21-/m1/s1. The molecule has 0 N–H and O–H groups in total. The maximum absolute atomic E-state index is 13.2. The van der Waals surface area contributed by atoms with Crippen LogP contribution in [0.2, 0.25) is 0 Å². The van der Waals surface area contributed by atoms with Gasteiger partial charge >= 0.3 is 0 Å². The minimum absolute atomic E-state index is 0.0344. The van der Waals surface area contributed by atoms with Gasteiger partial charge in [-0.3, -0.25) is 4.79 Å². The molecule has 4 heteroatoms. The average molecular weight is 341 g/mol. The van der Waals surface area contributed by atoms with Crippen LogP contribution in [0.5, 0.6) is 0 Å². The van der Waals surface area contributed by atoms with Crippen molar-refractivity contribution in [3.05, 3.63) is 35.1 Å². The van der Waals surface area contributed by atoms with Crippen molar-refractivity contribution in [2.75, 3.05) is 20.2 Å². The third kappa shape index (κ3) is 2.67. The molecule has 4 nitrogen and oxygen atoms in total. The van der Waals surface area contributed by atoms with Crippen molar-refractivity contribution in [3.63, 3.8) is 0 Å². The molecule has 0 radical (unpaired) electrons. The van der Waals surface area contributed by atoms with Gasteiger partial charge in [-0.1, -0.05) is 18.1 Å². The van der Waals surface area contributed by atoms with E-state index in [4.69, 9.17) is 9.15 Å². The lowest BCUT2D eigenvalue weighted by atomic mass is 9.76. The van der Waals surface area contributed by atoms with Gasteiger partial charge in [-0.15, -0.1) is 0 Å². The SMILES string of the molecule is CO[C@@H]1CCC[C@]12CCCN(C(=O)c1oc3ccc(C)cc3c1C)C2. The van der Waals surface area contributed by atoms with E-state index in [0.29, 0.717) is 5.76 Å². The molecule has 1 saturated heterocycles. The van der Waals surface area contributed by atoms with E-state index in [-0.39, 0.29) is 17.4 Å². The summed E-state index contributed by atoms with van der Waals surface area (Å²) in [5, 5.41) is 1.05. The number of fused-ring (bicyclic) bond motifs is 1. The number of hydrogen-bond acceptors (Lipinski definition) is 3. The highest BCUT2D eigenvalue weighted by molar-refractivity contribution is 5.99. The van der Waals surface area contributed by atoms with E-state index < -0.39 is 0 Å². The van der Waals surface area contributed by atoms with Gasteiger partial charge in [0.05, 0.1) is 6.10 Å². The van der Waals surface area contributed by atoms with Gasteiger partial charge in [-0.25, -0.2) is 0 Å². The fourth-order valence-corrected chi connectivity index (χ4v) is 4.96. The Labute approximate surface area is 149 Å². The molecule has 134 valence electrons. The second-order valence-electron chi connectivity index (χ2n) is 7.87. The number of methoxy groups -OCH3 is 1. The highest BCUT2D eigenvalue weighted by Crippen LogP contribution is 2.46. The van der Waals surface area contributed by atoms with Crippen molar-refractivity contribution < 1.29 is 13.9 Å². The van der Waals surface area contributed by atoms with Gasteiger partial charge in [0.1, 0.15) is 5.58 Å². The maximum Gasteiger partial charge on any atom is 0.289 e. The van der Waals surface area contributed by atoms with Crippen LogP contribution >= 0.6 is 0 Å². The number of aryl methyl sites for hydroxylation is 2. The Morgan fingerprint density at radius 3 is 2.88 bits per heavy atom. The Morgan fingerprint density at radius 1 is 1.28 bits per heavy atom. The molecule has 1 aliphatic carbocycles. The fraction of sp³-hybridized carbons (Fsp3) is 0.571. The van der Waals surface area contributed by atoms with Crippen molar-refractivity contribution in [2.24, 2.45) is 5.41 Å². The number of ether oxygens (including phenoxy) is 1. The van der Waals surface area contributed by atoms with Crippen LogP contribution in [0.15, 0.2) is 22.6 Å². The van der Waals surface area contributed by atoms with Crippen LogP contribution in [0.25, 0.3) is 11.0 Å². The number of hydrogen-bond donors (Lipinski definition) is 0. The summed E-state index contributed by atoms with van der Waals surface area (Å²) in [6.45, 7) is 5.66. The number of carbonyl (C=O) groups is 1. The molecule has 2 fully saturated rings. The van der Waals surface area contributed by atoms with Crippen LogP contribution in [0.1, 0.15) is 53.8 Å². The third-order valence-electron chi connectivity index (χ3n) is 6.29. The van der Waals surface area contributed by atoms with Crippen molar-refractivity contribution >= 4 is 16.9 Å². The molecule has 1 aromatic carbocycles. The number of carbonyl (C=O) groups excluding carboxylic acids is 1. The number of piperidine rings is 1. The Balaban J connectivity index is 1.64. The normalized spacial score (nSPS) is 26.7. The van der Waals surface area contributed by atoms with Crippen molar-refractivity contribution in [2.45, 2.75) is 52.1 Å². The Morgan fingerprint density at radius 2 is 2.08 bits per heavy atom. The van der Waals surface area contributed by atoms with E-state index in [1.54, 1.807) is 0 Å². The van der Waals surface area contributed by atoms with Crippen molar-refractivity contribution in [1.29, 1.82) is 0 Å². The summed E-state index contributed by atoms with van der Waals surface area (Å²) >= 11 is 0. The van der Waals surface area contributed by atoms with E-state index in [1.165, 1.54) is 12.0 Å².